The van der Waals surface area contributed by atoms with Gasteiger partial charge in [-0.1, -0.05) is 125 Å². The largest absolute Gasteiger partial charge is 0.308 e. The van der Waals surface area contributed by atoms with E-state index in [1.165, 1.54) is 22.3 Å². The first-order valence-corrected chi connectivity index (χ1v) is 26.5. The molecule has 370 valence electrons. The maximum Gasteiger partial charge on any atom is 0.0677 e. The highest BCUT2D eigenvalue weighted by atomic mass is 15.2. The lowest BCUT2D eigenvalue weighted by Crippen LogP contribution is -2.17. The lowest BCUT2D eigenvalue weighted by molar-refractivity contribution is 1.09. The molecule has 0 radical (unpaired) electrons. The van der Waals surface area contributed by atoms with Crippen LogP contribution in [0.5, 0.6) is 0 Å². The first-order valence-electron chi connectivity index (χ1n) is 26.5. The third kappa shape index (κ3) is 8.38. The predicted molar refractivity (Wildman–Crippen MR) is 318 cm³/mol. The molecule has 0 N–H and O–H groups in total. The van der Waals surface area contributed by atoms with E-state index in [9.17, 15) is 0 Å². The summed E-state index contributed by atoms with van der Waals surface area (Å²) in [5.74, 6) is 0. The lowest BCUT2D eigenvalue weighted by Gasteiger charge is -2.35. The van der Waals surface area contributed by atoms with Gasteiger partial charge in [-0.2, -0.15) is 0 Å². The second-order valence-corrected chi connectivity index (χ2v) is 19.0. The molecule has 12 aromatic rings. The fourth-order valence-electron chi connectivity index (χ4n) is 11.3. The maximum atomic E-state index is 4.83. The SMILES string of the molecule is CCc1ccncc1N(c1ccccc1)c1cc(N(c2ccccc2)c2cnccc2CC)c2ccc3c(N(c4ccccc4)c4cnccc4CC)cc(N(c4ccccc4)c4cnccc4CC)c4ccc1c2c43. The molecule has 0 fully saturated rings. The van der Waals surface area contributed by atoms with Gasteiger partial charge in [0.2, 0.25) is 0 Å². The normalized spacial score (nSPS) is 11.4. The number of pyridine rings is 4. The van der Waals surface area contributed by atoms with Crippen molar-refractivity contribution < 1.29 is 0 Å². The topological polar surface area (TPSA) is 64.5 Å². The number of nitrogens with zero attached hydrogens (tertiary/aromatic N) is 8. The summed E-state index contributed by atoms with van der Waals surface area (Å²) < 4.78 is 0. The zero-order chi connectivity index (χ0) is 51.5. The highest BCUT2D eigenvalue weighted by molar-refractivity contribution is 6.33. The van der Waals surface area contributed by atoms with Gasteiger partial charge in [0.05, 0.1) is 70.3 Å². The first kappa shape index (κ1) is 47.6. The Labute approximate surface area is 445 Å². The second-order valence-electron chi connectivity index (χ2n) is 19.0. The lowest BCUT2D eigenvalue weighted by atomic mass is 9.88. The molecule has 0 spiro atoms. The summed E-state index contributed by atoms with van der Waals surface area (Å²) in [6, 6.07) is 65.9. The van der Waals surface area contributed by atoms with Crippen molar-refractivity contribution in [3.63, 3.8) is 0 Å². The molecule has 0 aliphatic carbocycles. The average Bonchev–Trinajstić information content (AvgIpc) is 3.67. The summed E-state index contributed by atoms with van der Waals surface area (Å²) >= 11 is 0. The van der Waals surface area contributed by atoms with Crippen LogP contribution in [0.3, 0.4) is 0 Å². The van der Waals surface area contributed by atoms with Crippen molar-refractivity contribution in [1.29, 1.82) is 0 Å². The Bertz CT molecular complexity index is 3450. The third-order valence-corrected chi connectivity index (χ3v) is 14.9. The van der Waals surface area contributed by atoms with Crippen LogP contribution in [0.1, 0.15) is 49.9 Å². The van der Waals surface area contributed by atoms with E-state index in [1.54, 1.807) is 0 Å². The number of hydrogen-bond acceptors (Lipinski definition) is 8. The number of rotatable bonds is 16. The number of anilines is 12. The summed E-state index contributed by atoms with van der Waals surface area (Å²) in [6.07, 6.45) is 19.0. The van der Waals surface area contributed by atoms with Crippen molar-refractivity contribution in [2.45, 2.75) is 53.4 Å². The third-order valence-electron chi connectivity index (χ3n) is 14.9. The Morgan fingerprint density at radius 2 is 0.487 bits per heavy atom. The van der Waals surface area contributed by atoms with Gasteiger partial charge >= 0.3 is 0 Å². The molecular weight excluding hydrogens is 929 g/mol. The Morgan fingerprint density at radius 1 is 0.263 bits per heavy atom. The Morgan fingerprint density at radius 3 is 0.697 bits per heavy atom. The summed E-state index contributed by atoms with van der Waals surface area (Å²) in [5, 5.41) is 6.70. The number of aromatic nitrogens is 4. The summed E-state index contributed by atoms with van der Waals surface area (Å²) in [5.41, 5.74) is 17.1. The van der Waals surface area contributed by atoms with Gasteiger partial charge in [-0.15, -0.1) is 0 Å². The van der Waals surface area contributed by atoms with Gasteiger partial charge in [0.25, 0.3) is 0 Å². The van der Waals surface area contributed by atoms with Gasteiger partial charge in [-0.3, -0.25) is 19.9 Å². The van der Waals surface area contributed by atoms with Crippen molar-refractivity contribution in [3.05, 3.63) is 254 Å². The minimum atomic E-state index is 0.825. The molecule has 76 heavy (non-hydrogen) atoms. The summed E-state index contributed by atoms with van der Waals surface area (Å²) in [4.78, 5) is 29.0. The number of hydrogen-bond donors (Lipinski definition) is 0. The monoisotopic (exact) mass is 986 g/mol. The number of benzene rings is 8. The van der Waals surface area contributed by atoms with E-state index in [2.05, 4.69) is 229 Å². The zero-order valence-electron chi connectivity index (χ0n) is 43.3. The number of aryl methyl sites for hydroxylation is 4. The van der Waals surface area contributed by atoms with E-state index in [4.69, 9.17) is 19.9 Å². The van der Waals surface area contributed by atoms with Gasteiger partial charge < -0.3 is 19.6 Å². The maximum absolute atomic E-state index is 4.83. The second kappa shape index (κ2) is 20.8. The molecule has 0 aliphatic rings. The van der Waals surface area contributed by atoms with Crippen LogP contribution in [-0.2, 0) is 25.7 Å². The van der Waals surface area contributed by atoms with E-state index in [-0.39, 0.29) is 0 Å². The van der Waals surface area contributed by atoms with Gasteiger partial charge in [-0.05, 0) is 133 Å². The molecule has 8 nitrogen and oxygen atoms in total. The van der Waals surface area contributed by atoms with Gasteiger partial charge in [0.15, 0.2) is 0 Å². The molecule has 8 heteroatoms. The molecule has 0 bridgehead atoms. The first-order chi connectivity index (χ1) is 37.6. The van der Waals surface area contributed by atoms with E-state index in [0.29, 0.717) is 0 Å². The van der Waals surface area contributed by atoms with Crippen molar-refractivity contribution in [2.24, 2.45) is 0 Å². The molecule has 8 aromatic carbocycles. The highest BCUT2D eigenvalue weighted by Crippen LogP contribution is 2.55. The van der Waals surface area contributed by atoms with Crippen LogP contribution in [0, 0.1) is 0 Å². The molecule has 0 unspecified atom stereocenters. The molecule has 4 aromatic heterocycles. The van der Waals surface area contributed by atoms with Crippen LogP contribution in [0.15, 0.2) is 232 Å². The highest BCUT2D eigenvalue weighted by Gasteiger charge is 2.30. The molecule has 0 amide bonds. The van der Waals surface area contributed by atoms with Crippen molar-refractivity contribution >= 4 is 101 Å². The minimum absolute atomic E-state index is 0.825. The Balaban J connectivity index is 1.32. The molecule has 0 saturated heterocycles. The van der Waals surface area contributed by atoms with E-state index in [1.807, 2.05) is 49.6 Å². The van der Waals surface area contributed by atoms with Gasteiger partial charge in [0.1, 0.15) is 0 Å². The van der Waals surface area contributed by atoms with Crippen LogP contribution in [0.25, 0.3) is 32.3 Å². The van der Waals surface area contributed by atoms with Crippen LogP contribution < -0.4 is 19.6 Å². The summed E-state index contributed by atoms with van der Waals surface area (Å²) in [6.45, 7) is 8.90. The summed E-state index contributed by atoms with van der Waals surface area (Å²) in [7, 11) is 0. The van der Waals surface area contributed by atoms with Crippen LogP contribution in [-0.4, -0.2) is 19.9 Å². The molecule has 0 saturated carbocycles. The predicted octanol–water partition coefficient (Wildman–Crippen LogP) is 18.3. The van der Waals surface area contributed by atoms with Crippen LogP contribution >= 0.6 is 0 Å². The van der Waals surface area contributed by atoms with Crippen molar-refractivity contribution in [3.8, 4) is 0 Å². The van der Waals surface area contributed by atoms with Crippen molar-refractivity contribution in [2.75, 3.05) is 19.6 Å². The fourth-order valence-corrected chi connectivity index (χ4v) is 11.3. The minimum Gasteiger partial charge on any atom is -0.308 e. The van der Waals surface area contributed by atoms with Crippen LogP contribution in [0.2, 0.25) is 0 Å². The van der Waals surface area contributed by atoms with Crippen LogP contribution in [0.4, 0.5) is 68.2 Å². The van der Waals surface area contributed by atoms with E-state index >= 15 is 0 Å². The smallest absolute Gasteiger partial charge is 0.0677 e. The average molecular weight is 987 g/mol. The molecule has 12 rings (SSSR count). The quantitative estimate of drug-likeness (QED) is 0.0888. The zero-order valence-corrected chi connectivity index (χ0v) is 43.3. The molecular formula is C68H58N8. The van der Waals surface area contributed by atoms with Gasteiger partial charge in [-0.25, -0.2) is 0 Å². The molecule has 0 aliphatic heterocycles. The van der Waals surface area contributed by atoms with E-state index in [0.717, 1.165) is 126 Å². The Kier molecular flexibility index (Phi) is 13.1. The molecule has 4 heterocycles. The van der Waals surface area contributed by atoms with Crippen molar-refractivity contribution in [1.82, 2.24) is 19.9 Å². The molecule has 0 atom stereocenters. The fraction of sp³-hybridized carbons (Fsp3) is 0.118. The Hall–Kier alpha value is -9.40. The van der Waals surface area contributed by atoms with E-state index < -0.39 is 0 Å². The standard InChI is InChI=1S/C68H58N8/c1-5-47-33-37-69-43-63(47)73(51-21-13-9-14-22-51)59-41-60(74(52-23-15-10-16-24-52)64-44-70-38-34-48(64)6-2)56-31-32-58-62(76(54-27-19-12-20-28-54)66-46-72-40-36-50(66)8-4)42-61(57-30-29-55(59)67(56)68(57)58)75(53-25-17-11-18-26-53)65-45-71-39-35-49(65)7-3/h9-46H,5-8H2,1-4H3. The van der Waals surface area contributed by atoms with Gasteiger partial charge in [0, 0.05) is 79.9 Å². The number of para-hydroxylation sites is 4.